The molecule has 7 heteroatoms. The molecule has 23 heavy (non-hydrogen) atoms. The number of hydrogen-bond acceptors (Lipinski definition) is 3. The number of rotatable bonds is 3. The summed E-state index contributed by atoms with van der Waals surface area (Å²) in [4.78, 5) is 27.3. The van der Waals surface area contributed by atoms with Crippen molar-refractivity contribution in [3.8, 4) is 0 Å². The number of benzene rings is 1. The Morgan fingerprint density at radius 3 is 2.52 bits per heavy atom. The van der Waals surface area contributed by atoms with E-state index in [2.05, 4.69) is 4.98 Å². The molecule has 0 unspecified atom stereocenters. The minimum Gasteiger partial charge on any atom is -0.316 e. The first-order chi connectivity index (χ1) is 11.0. The van der Waals surface area contributed by atoms with E-state index in [9.17, 15) is 9.59 Å². The van der Waals surface area contributed by atoms with Crippen LogP contribution in [0.4, 0.5) is 0 Å². The molecule has 2 heterocycles. The van der Waals surface area contributed by atoms with Crippen molar-refractivity contribution in [3.05, 3.63) is 67.6 Å². The zero-order valence-electron chi connectivity index (χ0n) is 12.8. The van der Waals surface area contributed by atoms with Crippen molar-refractivity contribution in [2.75, 3.05) is 0 Å². The Balaban J connectivity index is 2.10. The average Bonchev–Trinajstić information content (AvgIpc) is 2.89. The van der Waals surface area contributed by atoms with Crippen LogP contribution in [0.3, 0.4) is 0 Å². The van der Waals surface area contributed by atoms with E-state index in [1.165, 1.54) is 11.6 Å². The van der Waals surface area contributed by atoms with Gasteiger partial charge in [-0.15, -0.1) is 0 Å². The van der Waals surface area contributed by atoms with Gasteiger partial charge < -0.3 is 9.55 Å². The number of nitrogens with one attached hydrogen (secondary N) is 1. The van der Waals surface area contributed by atoms with E-state index < -0.39 is 0 Å². The summed E-state index contributed by atoms with van der Waals surface area (Å²) in [6, 6.07) is 9.86. The van der Waals surface area contributed by atoms with Gasteiger partial charge in [0.25, 0.3) is 5.56 Å². The van der Waals surface area contributed by atoms with E-state index in [4.69, 9.17) is 12.2 Å². The topological polar surface area (TPSA) is 64.7 Å². The number of nitrogens with zero attached hydrogens (tertiary/aromatic N) is 3. The monoisotopic (exact) mass is 328 g/mol. The van der Waals surface area contributed by atoms with Crippen molar-refractivity contribution < 1.29 is 0 Å². The summed E-state index contributed by atoms with van der Waals surface area (Å²) in [5, 5.41) is 0. The number of imidazole rings is 1. The lowest BCUT2D eigenvalue weighted by atomic mass is 10.2. The first-order valence-corrected chi connectivity index (χ1v) is 7.51. The normalized spacial score (nSPS) is 11.6. The van der Waals surface area contributed by atoms with Crippen LogP contribution in [-0.4, -0.2) is 18.7 Å². The number of allylic oxidation sites excluding steroid dienone is 1. The zero-order valence-corrected chi connectivity index (χ0v) is 13.6. The van der Waals surface area contributed by atoms with Gasteiger partial charge in [0.1, 0.15) is 5.65 Å². The largest absolute Gasteiger partial charge is 0.332 e. The maximum Gasteiger partial charge on any atom is 0.332 e. The molecule has 2 aromatic heterocycles. The van der Waals surface area contributed by atoms with Gasteiger partial charge in [-0.1, -0.05) is 42.5 Å². The van der Waals surface area contributed by atoms with Crippen LogP contribution in [-0.2, 0) is 20.6 Å². The second-order valence-electron chi connectivity index (χ2n) is 5.26. The highest BCUT2D eigenvalue weighted by Crippen LogP contribution is 2.09. The van der Waals surface area contributed by atoms with Crippen LogP contribution >= 0.6 is 12.2 Å². The van der Waals surface area contributed by atoms with Crippen LogP contribution in [0.25, 0.3) is 17.2 Å². The first-order valence-electron chi connectivity index (χ1n) is 7.11. The van der Waals surface area contributed by atoms with Gasteiger partial charge in [-0.3, -0.25) is 13.9 Å². The van der Waals surface area contributed by atoms with Crippen LogP contribution in [0.5, 0.6) is 0 Å². The second-order valence-corrected chi connectivity index (χ2v) is 5.64. The van der Waals surface area contributed by atoms with Crippen molar-refractivity contribution in [2.24, 2.45) is 14.1 Å². The fourth-order valence-corrected chi connectivity index (χ4v) is 2.78. The summed E-state index contributed by atoms with van der Waals surface area (Å²) in [6.45, 7) is 0.446. The van der Waals surface area contributed by atoms with Crippen LogP contribution in [0.2, 0.25) is 0 Å². The van der Waals surface area contributed by atoms with Crippen molar-refractivity contribution in [1.29, 1.82) is 0 Å². The Labute approximate surface area is 136 Å². The summed E-state index contributed by atoms with van der Waals surface area (Å²) >= 11 is 5.30. The van der Waals surface area contributed by atoms with Gasteiger partial charge in [-0.2, -0.15) is 0 Å². The van der Waals surface area contributed by atoms with Crippen LogP contribution < -0.4 is 11.2 Å². The molecule has 0 radical (unpaired) electrons. The van der Waals surface area contributed by atoms with Gasteiger partial charge in [-0.05, 0) is 17.8 Å². The maximum atomic E-state index is 12.4. The van der Waals surface area contributed by atoms with E-state index in [0.29, 0.717) is 22.5 Å². The molecule has 3 aromatic rings. The summed E-state index contributed by atoms with van der Waals surface area (Å²) in [5.74, 6) is 0. The molecule has 0 fully saturated rings. The molecule has 0 aliphatic heterocycles. The van der Waals surface area contributed by atoms with Gasteiger partial charge in [0.05, 0.1) is 0 Å². The van der Waals surface area contributed by atoms with E-state index in [-0.39, 0.29) is 11.2 Å². The molecule has 1 N–H and O–H groups in total. The van der Waals surface area contributed by atoms with Crippen LogP contribution in [0.1, 0.15) is 5.56 Å². The van der Waals surface area contributed by atoms with Crippen molar-refractivity contribution in [2.45, 2.75) is 6.54 Å². The lowest BCUT2D eigenvalue weighted by Gasteiger charge is -2.05. The van der Waals surface area contributed by atoms with Crippen LogP contribution in [0.15, 0.2) is 46.0 Å². The van der Waals surface area contributed by atoms with Gasteiger partial charge in [0.15, 0.2) is 10.3 Å². The highest BCUT2D eigenvalue weighted by Gasteiger charge is 2.14. The molecule has 0 atom stereocenters. The summed E-state index contributed by atoms with van der Waals surface area (Å²) < 4.78 is 4.59. The smallest absolute Gasteiger partial charge is 0.316 e. The standard InChI is InChI=1S/C16H16N4O2S/c1-18-13-12(14(21)19(2)16(18)22)20(15(23)17-13)10-6-9-11-7-4-3-5-8-11/h3-9H,10H2,1-2H3,(H,17,23). The molecule has 0 bridgehead atoms. The zero-order chi connectivity index (χ0) is 16.6. The van der Waals surface area contributed by atoms with Crippen molar-refractivity contribution in [1.82, 2.24) is 18.7 Å². The minimum atomic E-state index is -0.384. The fourth-order valence-electron chi connectivity index (χ4n) is 2.52. The van der Waals surface area contributed by atoms with E-state index in [1.807, 2.05) is 42.5 Å². The average molecular weight is 328 g/mol. The lowest BCUT2D eigenvalue weighted by molar-refractivity contribution is 0.703. The SMILES string of the molecule is Cn1c(=O)c2c([nH]c(=S)n2CC=Cc2ccccc2)n(C)c1=O. The Kier molecular flexibility index (Phi) is 3.87. The Bertz CT molecular complexity index is 1070. The van der Waals surface area contributed by atoms with E-state index in [1.54, 1.807) is 11.6 Å². The molecule has 3 rings (SSSR count). The van der Waals surface area contributed by atoms with Gasteiger partial charge in [-0.25, -0.2) is 4.79 Å². The van der Waals surface area contributed by atoms with Crippen molar-refractivity contribution in [3.63, 3.8) is 0 Å². The molecule has 0 amide bonds. The summed E-state index contributed by atoms with van der Waals surface area (Å²) in [5.41, 5.74) is 1.17. The summed E-state index contributed by atoms with van der Waals surface area (Å²) in [7, 11) is 3.07. The molecule has 1 aromatic carbocycles. The third kappa shape index (κ3) is 2.59. The number of aromatic nitrogens is 4. The number of hydrogen-bond donors (Lipinski definition) is 1. The highest BCUT2D eigenvalue weighted by molar-refractivity contribution is 7.71. The maximum absolute atomic E-state index is 12.4. The Hall–Kier alpha value is -2.67. The Morgan fingerprint density at radius 1 is 1.13 bits per heavy atom. The third-order valence-corrected chi connectivity index (χ3v) is 4.10. The minimum absolute atomic E-state index is 0.358. The quantitative estimate of drug-likeness (QED) is 0.746. The number of H-pyrrole nitrogens is 1. The van der Waals surface area contributed by atoms with Crippen LogP contribution in [0, 0.1) is 4.77 Å². The third-order valence-electron chi connectivity index (χ3n) is 3.78. The van der Waals surface area contributed by atoms with Gasteiger partial charge in [0, 0.05) is 20.6 Å². The molecule has 0 aliphatic carbocycles. The summed E-state index contributed by atoms with van der Waals surface area (Å²) in [6.07, 6.45) is 3.90. The lowest BCUT2D eigenvalue weighted by Crippen LogP contribution is -2.37. The van der Waals surface area contributed by atoms with Gasteiger partial charge in [0.2, 0.25) is 0 Å². The van der Waals surface area contributed by atoms with Gasteiger partial charge >= 0.3 is 5.69 Å². The molecule has 6 nitrogen and oxygen atoms in total. The molecular formula is C16H16N4O2S. The second kappa shape index (κ2) is 5.85. The molecule has 0 saturated heterocycles. The number of fused-ring (bicyclic) bond motifs is 1. The fraction of sp³-hybridized carbons (Fsp3) is 0.188. The highest BCUT2D eigenvalue weighted by atomic mass is 32.1. The molecule has 0 aliphatic rings. The Morgan fingerprint density at radius 2 is 1.83 bits per heavy atom. The number of aryl methyl sites for hydroxylation is 1. The molecule has 0 saturated carbocycles. The number of aromatic amines is 1. The van der Waals surface area contributed by atoms with Crippen molar-refractivity contribution >= 4 is 29.5 Å². The van der Waals surface area contributed by atoms with E-state index >= 15 is 0 Å². The first kappa shape index (κ1) is 15.2. The predicted octanol–water partition coefficient (Wildman–Crippen LogP) is 1.81. The molecular weight excluding hydrogens is 312 g/mol. The predicted molar refractivity (Wildman–Crippen MR) is 93.1 cm³/mol. The van der Waals surface area contributed by atoms with E-state index in [0.717, 1.165) is 10.1 Å². The molecule has 0 spiro atoms. The molecule has 118 valence electrons.